The summed E-state index contributed by atoms with van der Waals surface area (Å²) in [6.45, 7) is 0.419. The molecule has 5 heteroatoms. The van der Waals surface area contributed by atoms with Crippen LogP contribution in [0.4, 0.5) is 5.69 Å². The Morgan fingerprint density at radius 1 is 0.929 bits per heavy atom. The topological polar surface area (TPSA) is 67.4 Å². The lowest BCUT2D eigenvalue weighted by Crippen LogP contribution is -2.23. The number of hydrogen-bond donors (Lipinski definition) is 2. The Bertz CT molecular complexity index is 837. The van der Waals surface area contributed by atoms with E-state index in [2.05, 4.69) is 10.6 Å². The Kier molecular flexibility index (Phi) is 5.60. The van der Waals surface area contributed by atoms with Gasteiger partial charge in [0.05, 0.1) is 6.10 Å². The average molecular weight is 378 g/mol. The van der Waals surface area contributed by atoms with Crippen LogP contribution in [0.25, 0.3) is 0 Å². The van der Waals surface area contributed by atoms with Crippen LogP contribution in [0.1, 0.15) is 54.4 Å². The lowest BCUT2D eigenvalue weighted by molar-refractivity contribution is -0.117. The van der Waals surface area contributed by atoms with E-state index < -0.39 is 0 Å². The molecule has 28 heavy (non-hydrogen) atoms. The van der Waals surface area contributed by atoms with Crippen molar-refractivity contribution in [3.63, 3.8) is 0 Å². The van der Waals surface area contributed by atoms with E-state index >= 15 is 0 Å². The van der Waals surface area contributed by atoms with E-state index in [0.717, 1.165) is 42.7 Å². The van der Waals surface area contributed by atoms with Crippen LogP contribution in [0.3, 0.4) is 0 Å². The van der Waals surface area contributed by atoms with Gasteiger partial charge in [-0.2, -0.15) is 0 Å². The molecule has 2 aliphatic rings. The maximum atomic E-state index is 12.5. The number of hydrogen-bond acceptors (Lipinski definition) is 3. The normalized spacial score (nSPS) is 16.6. The third kappa shape index (κ3) is 4.71. The molecule has 0 aliphatic heterocycles. The molecule has 2 fully saturated rings. The van der Waals surface area contributed by atoms with E-state index in [-0.39, 0.29) is 23.8 Å². The highest BCUT2D eigenvalue weighted by molar-refractivity contribution is 5.96. The molecule has 2 N–H and O–H groups in total. The van der Waals surface area contributed by atoms with E-state index in [1.165, 1.54) is 12.8 Å². The van der Waals surface area contributed by atoms with Gasteiger partial charge in [0.25, 0.3) is 5.91 Å². The Morgan fingerprint density at radius 2 is 1.64 bits per heavy atom. The highest BCUT2D eigenvalue weighted by Gasteiger charge is 2.29. The van der Waals surface area contributed by atoms with Gasteiger partial charge in [0.1, 0.15) is 5.75 Å². The molecule has 0 spiro atoms. The van der Waals surface area contributed by atoms with Gasteiger partial charge in [0.2, 0.25) is 5.91 Å². The summed E-state index contributed by atoms with van der Waals surface area (Å²) >= 11 is 0. The van der Waals surface area contributed by atoms with Crippen molar-refractivity contribution < 1.29 is 14.3 Å². The predicted octanol–water partition coefficient (Wildman–Crippen LogP) is 4.29. The van der Waals surface area contributed by atoms with Gasteiger partial charge in [-0.1, -0.05) is 18.2 Å². The van der Waals surface area contributed by atoms with Crippen molar-refractivity contribution in [1.82, 2.24) is 5.32 Å². The lowest BCUT2D eigenvalue weighted by Gasteiger charge is -2.17. The third-order valence-corrected chi connectivity index (χ3v) is 5.37. The van der Waals surface area contributed by atoms with Crippen LogP contribution < -0.4 is 15.4 Å². The van der Waals surface area contributed by atoms with E-state index in [0.29, 0.717) is 12.1 Å². The highest BCUT2D eigenvalue weighted by atomic mass is 16.5. The van der Waals surface area contributed by atoms with Crippen molar-refractivity contribution in [2.45, 2.75) is 51.2 Å². The summed E-state index contributed by atoms with van der Waals surface area (Å²) in [5, 5.41) is 5.85. The largest absolute Gasteiger partial charge is 0.490 e. The molecule has 2 saturated carbocycles. The van der Waals surface area contributed by atoms with Crippen LogP contribution in [0.5, 0.6) is 5.75 Å². The van der Waals surface area contributed by atoms with E-state index in [1.54, 1.807) is 24.3 Å². The molecule has 2 amide bonds. The summed E-state index contributed by atoms with van der Waals surface area (Å²) in [5.74, 6) is 0.939. The first kappa shape index (κ1) is 18.5. The van der Waals surface area contributed by atoms with Crippen LogP contribution in [0, 0.1) is 5.92 Å². The first-order chi connectivity index (χ1) is 13.7. The molecule has 0 bridgehead atoms. The average Bonchev–Trinajstić information content (AvgIpc) is 3.45. The fourth-order valence-electron chi connectivity index (χ4n) is 3.52. The van der Waals surface area contributed by atoms with Crippen molar-refractivity contribution >= 4 is 17.5 Å². The van der Waals surface area contributed by atoms with Crippen molar-refractivity contribution in [2.75, 3.05) is 5.32 Å². The van der Waals surface area contributed by atoms with Gasteiger partial charge in [-0.15, -0.1) is 0 Å². The SMILES string of the molecule is O=C(NCc1ccccc1OC1CCCC1)c1ccc(NC(=O)C2CC2)cc1. The summed E-state index contributed by atoms with van der Waals surface area (Å²) in [4.78, 5) is 24.3. The minimum absolute atomic E-state index is 0.0658. The van der Waals surface area contributed by atoms with Crippen LogP contribution in [0.2, 0.25) is 0 Å². The van der Waals surface area contributed by atoms with Gasteiger partial charge in [0.15, 0.2) is 0 Å². The van der Waals surface area contributed by atoms with Crippen LogP contribution >= 0.6 is 0 Å². The van der Waals surface area contributed by atoms with Gasteiger partial charge >= 0.3 is 0 Å². The lowest BCUT2D eigenvalue weighted by atomic mass is 10.1. The molecule has 0 unspecified atom stereocenters. The zero-order valence-electron chi connectivity index (χ0n) is 15.9. The summed E-state index contributed by atoms with van der Waals surface area (Å²) in [7, 11) is 0. The first-order valence-electron chi connectivity index (χ1n) is 10.1. The number of nitrogens with one attached hydrogen (secondary N) is 2. The number of amides is 2. The molecule has 4 rings (SSSR count). The molecule has 0 aromatic heterocycles. The van der Waals surface area contributed by atoms with Gasteiger partial charge in [0, 0.05) is 29.3 Å². The maximum Gasteiger partial charge on any atom is 0.251 e. The van der Waals surface area contributed by atoms with Gasteiger partial charge in [-0.05, 0) is 68.9 Å². The number of rotatable bonds is 7. The second-order valence-corrected chi connectivity index (χ2v) is 7.66. The molecule has 2 aromatic carbocycles. The van der Waals surface area contributed by atoms with Crippen LogP contribution in [0.15, 0.2) is 48.5 Å². The molecule has 0 atom stereocenters. The summed E-state index contributed by atoms with van der Waals surface area (Å²) in [6, 6.07) is 14.9. The van der Waals surface area contributed by atoms with Crippen molar-refractivity contribution in [3.8, 4) is 5.75 Å². The summed E-state index contributed by atoms with van der Waals surface area (Å²) in [6.07, 6.45) is 6.88. The Morgan fingerprint density at radius 3 is 2.36 bits per heavy atom. The second-order valence-electron chi connectivity index (χ2n) is 7.66. The molecule has 0 radical (unpaired) electrons. The minimum atomic E-state index is -0.143. The number of carbonyl (C=O) groups is 2. The molecular weight excluding hydrogens is 352 g/mol. The standard InChI is InChI=1S/C23H26N2O3/c26-22(16-11-13-19(14-12-16)25-23(27)17-9-10-17)24-15-18-5-1-4-8-21(18)28-20-6-2-3-7-20/h1,4-5,8,11-14,17,20H,2-3,6-7,9-10,15H2,(H,24,26)(H,25,27). The molecule has 2 aromatic rings. The number of para-hydroxylation sites is 1. The Balaban J connectivity index is 1.33. The van der Waals surface area contributed by atoms with Gasteiger partial charge in [-0.25, -0.2) is 0 Å². The quantitative estimate of drug-likeness (QED) is 0.755. The second kappa shape index (κ2) is 8.46. The smallest absolute Gasteiger partial charge is 0.251 e. The van der Waals surface area contributed by atoms with E-state index in [1.807, 2.05) is 24.3 Å². The van der Waals surface area contributed by atoms with Crippen LogP contribution in [-0.4, -0.2) is 17.9 Å². The Hall–Kier alpha value is -2.82. The van der Waals surface area contributed by atoms with Crippen molar-refractivity contribution in [2.24, 2.45) is 5.92 Å². The van der Waals surface area contributed by atoms with Crippen molar-refractivity contribution in [3.05, 3.63) is 59.7 Å². The van der Waals surface area contributed by atoms with Gasteiger partial charge in [-0.3, -0.25) is 9.59 Å². The summed E-state index contributed by atoms with van der Waals surface area (Å²) < 4.78 is 6.13. The number of carbonyl (C=O) groups excluding carboxylic acids is 2. The zero-order valence-corrected chi connectivity index (χ0v) is 15.9. The molecule has 2 aliphatic carbocycles. The highest BCUT2D eigenvalue weighted by Crippen LogP contribution is 2.30. The zero-order chi connectivity index (χ0) is 19.3. The van der Waals surface area contributed by atoms with Crippen molar-refractivity contribution in [1.29, 1.82) is 0 Å². The molecule has 5 nitrogen and oxygen atoms in total. The minimum Gasteiger partial charge on any atom is -0.490 e. The Labute approximate surface area is 165 Å². The molecule has 0 heterocycles. The first-order valence-corrected chi connectivity index (χ1v) is 10.1. The molecule has 0 saturated heterocycles. The van der Waals surface area contributed by atoms with Gasteiger partial charge < -0.3 is 15.4 Å². The monoisotopic (exact) mass is 378 g/mol. The third-order valence-electron chi connectivity index (χ3n) is 5.37. The number of benzene rings is 2. The van der Waals surface area contributed by atoms with Crippen LogP contribution in [-0.2, 0) is 11.3 Å². The molecule has 146 valence electrons. The summed E-state index contributed by atoms with van der Waals surface area (Å²) in [5.41, 5.74) is 2.28. The maximum absolute atomic E-state index is 12.5. The number of ether oxygens (including phenoxy) is 1. The van der Waals surface area contributed by atoms with E-state index in [9.17, 15) is 9.59 Å². The molecular formula is C23H26N2O3. The fraction of sp³-hybridized carbons (Fsp3) is 0.391. The predicted molar refractivity (Wildman–Crippen MR) is 108 cm³/mol. The fourth-order valence-corrected chi connectivity index (χ4v) is 3.52. The number of anilines is 1. The van der Waals surface area contributed by atoms with E-state index in [4.69, 9.17) is 4.74 Å².